The molecule has 82 valence electrons. The number of aliphatic carboxylic acids is 1. The molecule has 0 heterocycles. The Labute approximate surface area is 82.3 Å². The molecule has 4 N–H and O–H groups in total. The first-order valence-corrected chi connectivity index (χ1v) is 4.39. The Bertz CT molecular complexity index is 196. The van der Waals surface area contributed by atoms with Crippen LogP contribution in [0.1, 0.15) is 13.3 Å². The summed E-state index contributed by atoms with van der Waals surface area (Å²) in [6.07, 6.45) is 0.562. The molecule has 0 fully saturated rings. The van der Waals surface area contributed by atoms with E-state index in [1.807, 2.05) is 0 Å². The zero-order chi connectivity index (χ0) is 11.0. The van der Waals surface area contributed by atoms with Crippen LogP contribution in [0, 0.1) is 0 Å². The van der Waals surface area contributed by atoms with Gasteiger partial charge in [0.1, 0.15) is 6.04 Å². The number of carboxylic acid groups (broad SMARTS) is 1. The van der Waals surface area contributed by atoms with E-state index in [0.717, 1.165) is 0 Å². The van der Waals surface area contributed by atoms with E-state index in [1.165, 1.54) is 6.92 Å². The summed E-state index contributed by atoms with van der Waals surface area (Å²) in [6, 6.07) is -0.911. The number of amides is 1. The Morgan fingerprint density at radius 1 is 1.43 bits per heavy atom. The van der Waals surface area contributed by atoms with Crippen molar-refractivity contribution in [3.8, 4) is 0 Å². The molecular weight excluding hydrogens is 188 g/mol. The molecule has 0 rings (SSSR count). The predicted octanol–water partition coefficient (Wildman–Crippen LogP) is -1.45. The quantitative estimate of drug-likeness (QED) is 0.380. The molecule has 1 atom stereocenters. The lowest BCUT2D eigenvalue weighted by Crippen LogP contribution is -2.46. The SMILES string of the molecule is CC(=O)NC(CNCCCO)C(=O)O. The summed E-state index contributed by atoms with van der Waals surface area (Å²) in [5, 5.41) is 22.2. The van der Waals surface area contributed by atoms with Crippen LogP contribution in [0.2, 0.25) is 0 Å². The van der Waals surface area contributed by atoms with E-state index in [1.54, 1.807) is 0 Å². The van der Waals surface area contributed by atoms with Crippen LogP contribution in [0.4, 0.5) is 0 Å². The van der Waals surface area contributed by atoms with Gasteiger partial charge in [-0.25, -0.2) is 4.79 Å². The van der Waals surface area contributed by atoms with E-state index in [4.69, 9.17) is 10.2 Å². The van der Waals surface area contributed by atoms with Crippen molar-refractivity contribution in [1.29, 1.82) is 0 Å². The number of hydrogen-bond acceptors (Lipinski definition) is 4. The van der Waals surface area contributed by atoms with E-state index in [9.17, 15) is 9.59 Å². The fourth-order valence-electron chi connectivity index (χ4n) is 0.896. The summed E-state index contributed by atoms with van der Waals surface area (Å²) in [6.45, 7) is 2.02. The van der Waals surface area contributed by atoms with E-state index < -0.39 is 12.0 Å². The number of carbonyl (C=O) groups excluding carboxylic acids is 1. The maximum absolute atomic E-state index is 10.6. The van der Waals surface area contributed by atoms with Crippen molar-refractivity contribution in [2.24, 2.45) is 0 Å². The second kappa shape index (κ2) is 7.28. The van der Waals surface area contributed by atoms with Crippen molar-refractivity contribution in [3.63, 3.8) is 0 Å². The minimum atomic E-state index is -1.07. The highest BCUT2D eigenvalue weighted by atomic mass is 16.4. The standard InChI is InChI=1S/C8H16N2O4/c1-6(12)10-7(8(13)14)5-9-3-2-4-11/h7,9,11H,2-5H2,1H3,(H,10,12)(H,13,14). The average Bonchev–Trinajstić information content (AvgIpc) is 2.09. The van der Waals surface area contributed by atoms with Gasteiger partial charge >= 0.3 is 5.97 Å². The Kier molecular flexibility index (Phi) is 6.69. The number of carboxylic acids is 1. The molecule has 0 radical (unpaired) electrons. The lowest BCUT2D eigenvalue weighted by Gasteiger charge is -2.13. The Morgan fingerprint density at radius 3 is 2.50 bits per heavy atom. The molecule has 14 heavy (non-hydrogen) atoms. The molecule has 0 bridgehead atoms. The largest absolute Gasteiger partial charge is 0.480 e. The Hall–Kier alpha value is -1.14. The van der Waals surface area contributed by atoms with E-state index in [2.05, 4.69) is 10.6 Å². The zero-order valence-electron chi connectivity index (χ0n) is 8.12. The van der Waals surface area contributed by atoms with Gasteiger partial charge in [-0.3, -0.25) is 4.79 Å². The maximum Gasteiger partial charge on any atom is 0.327 e. The van der Waals surface area contributed by atoms with Gasteiger partial charge in [-0.1, -0.05) is 0 Å². The second-order valence-electron chi connectivity index (χ2n) is 2.87. The summed E-state index contributed by atoms with van der Waals surface area (Å²) in [5.74, 6) is -1.45. The van der Waals surface area contributed by atoms with Crippen molar-refractivity contribution in [2.75, 3.05) is 19.7 Å². The zero-order valence-corrected chi connectivity index (χ0v) is 8.12. The summed E-state index contributed by atoms with van der Waals surface area (Å²) in [4.78, 5) is 21.2. The van der Waals surface area contributed by atoms with E-state index in [-0.39, 0.29) is 19.1 Å². The topological polar surface area (TPSA) is 98.7 Å². The van der Waals surface area contributed by atoms with Crippen molar-refractivity contribution < 1.29 is 19.8 Å². The molecule has 6 heteroatoms. The smallest absolute Gasteiger partial charge is 0.327 e. The number of aliphatic hydroxyl groups excluding tert-OH is 1. The minimum Gasteiger partial charge on any atom is -0.480 e. The van der Waals surface area contributed by atoms with Gasteiger partial charge in [0, 0.05) is 20.1 Å². The normalized spacial score (nSPS) is 12.1. The van der Waals surface area contributed by atoms with Crippen LogP contribution in [-0.4, -0.2) is 47.8 Å². The number of aliphatic hydroxyl groups is 1. The third-order valence-electron chi connectivity index (χ3n) is 1.54. The molecule has 0 aliphatic rings. The number of rotatable bonds is 7. The molecule has 0 aromatic rings. The average molecular weight is 204 g/mol. The molecule has 0 saturated heterocycles. The van der Waals surface area contributed by atoms with Crippen LogP contribution >= 0.6 is 0 Å². The molecule has 1 unspecified atom stereocenters. The number of nitrogens with one attached hydrogen (secondary N) is 2. The predicted molar refractivity (Wildman–Crippen MR) is 49.8 cm³/mol. The molecule has 1 amide bonds. The lowest BCUT2D eigenvalue weighted by molar-refractivity contribution is -0.141. The first-order valence-electron chi connectivity index (χ1n) is 4.39. The van der Waals surface area contributed by atoms with Crippen molar-refractivity contribution in [2.45, 2.75) is 19.4 Å². The molecule has 0 saturated carbocycles. The number of carbonyl (C=O) groups is 2. The molecule has 0 aromatic heterocycles. The first-order chi connectivity index (χ1) is 6.57. The lowest BCUT2D eigenvalue weighted by atomic mass is 10.3. The molecule has 0 aliphatic carbocycles. The molecular formula is C8H16N2O4. The molecule has 0 spiro atoms. The third-order valence-corrected chi connectivity index (χ3v) is 1.54. The van der Waals surface area contributed by atoms with Gasteiger partial charge in [0.2, 0.25) is 5.91 Å². The van der Waals surface area contributed by atoms with E-state index >= 15 is 0 Å². The van der Waals surface area contributed by atoms with Crippen LogP contribution in [-0.2, 0) is 9.59 Å². The third kappa shape index (κ3) is 6.38. The van der Waals surface area contributed by atoms with Crippen LogP contribution in [0.5, 0.6) is 0 Å². The summed E-state index contributed by atoms with van der Waals surface area (Å²) in [7, 11) is 0. The van der Waals surface area contributed by atoms with Gasteiger partial charge in [0.05, 0.1) is 0 Å². The highest BCUT2D eigenvalue weighted by Gasteiger charge is 2.16. The Morgan fingerprint density at radius 2 is 2.07 bits per heavy atom. The first kappa shape index (κ1) is 12.9. The molecule has 6 nitrogen and oxygen atoms in total. The molecule has 0 aromatic carbocycles. The fraction of sp³-hybridized carbons (Fsp3) is 0.750. The summed E-state index contributed by atoms with van der Waals surface area (Å²) >= 11 is 0. The van der Waals surface area contributed by atoms with Crippen LogP contribution in [0.3, 0.4) is 0 Å². The second-order valence-corrected chi connectivity index (χ2v) is 2.87. The van der Waals surface area contributed by atoms with Gasteiger partial charge in [0.25, 0.3) is 0 Å². The van der Waals surface area contributed by atoms with E-state index in [0.29, 0.717) is 13.0 Å². The minimum absolute atomic E-state index is 0.0604. The van der Waals surface area contributed by atoms with Crippen molar-refractivity contribution >= 4 is 11.9 Å². The van der Waals surface area contributed by atoms with Crippen LogP contribution in [0.25, 0.3) is 0 Å². The fourth-order valence-corrected chi connectivity index (χ4v) is 0.896. The summed E-state index contributed by atoms with van der Waals surface area (Å²) < 4.78 is 0. The maximum atomic E-state index is 10.6. The van der Waals surface area contributed by atoms with Crippen LogP contribution < -0.4 is 10.6 Å². The van der Waals surface area contributed by atoms with Gasteiger partial charge in [-0.2, -0.15) is 0 Å². The number of hydrogen-bond donors (Lipinski definition) is 4. The van der Waals surface area contributed by atoms with Gasteiger partial charge < -0.3 is 20.8 Å². The van der Waals surface area contributed by atoms with Crippen molar-refractivity contribution in [1.82, 2.24) is 10.6 Å². The van der Waals surface area contributed by atoms with Gasteiger partial charge in [-0.05, 0) is 13.0 Å². The monoisotopic (exact) mass is 204 g/mol. The highest BCUT2D eigenvalue weighted by molar-refractivity contribution is 5.82. The molecule has 0 aliphatic heterocycles. The highest BCUT2D eigenvalue weighted by Crippen LogP contribution is 1.83. The van der Waals surface area contributed by atoms with Gasteiger partial charge in [0.15, 0.2) is 0 Å². The Balaban J connectivity index is 3.74. The van der Waals surface area contributed by atoms with Crippen molar-refractivity contribution in [3.05, 3.63) is 0 Å². The van der Waals surface area contributed by atoms with Gasteiger partial charge in [-0.15, -0.1) is 0 Å². The van der Waals surface area contributed by atoms with Crippen LogP contribution in [0.15, 0.2) is 0 Å². The summed E-state index contributed by atoms with van der Waals surface area (Å²) in [5.41, 5.74) is 0.